The standard InChI is InChI=1S/C15H24BrN3O/c1-18(9-10-19-7-5-17-6-8-19)12-13-11-14(20-2)3-4-15(13)16/h3-4,11,17H,5-10,12H2,1-2H3. The van der Waals surface area contributed by atoms with Gasteiger partial charge in [0.1, 0.15) is 5.75 Å². The first-order chi connectivity index (χ1) is 9.69. The lowest BCUT2D eigenvalue weighted by atomic mass is 10.2. The average Bonchev–Trinajstić information content (AvgIpc) is 2.48. The number of hydrogen-bond donors (Lipinski definition) is 1. The van der Waals surface area contributed by atoms with E-state index < -0.39 is 0 Å². The largest absolute Gasteiger partial charge is 0.497 e. The van der Waals surface area contributed by atoms with Crippen molar-refractivity contribution in [2.24, 2.45) is 0 Å². The molecule has 1 aliphatic rings. The Bertz CT molecular complexity index is 422. The van der Waals surface area contributed by atoms with Crippen LogP contribution in [0.3, 0.4) is 0 Å². The van der Waals surface area contributed by atoms with E-state index in [0.717, 1.165) is 56.0 Å². The monoisotopic (exact) mass is 341 g/mol. The molecule has 0 saturated carbocycles. The molecule has 2 rings (SSSR count). The van der Waals surface area contributed by atoms with Gasteiger partial charge in [-0.15, -0.1) is 0 Å². The molecule has 0 atom stereocenters. The Labute approximate surface area is 130 Å². The summed E-state index contributed by atoms with van der Waals surface area (Å²) < 4.78 is 6.44. The predicted molar refractivity (Wildman–Crippen MR) is 86.3 cm³/mol. The van der Waals surface area contributed by atoms with Crippen LogP contribution in [0.5, 0.6) is 5.75 Å². The van der Waals surface area contributed by atoms with Crippen molar-refractivity contribution in [3.8, 4) is 5.75 Å². The lowest BCUT2D eigenvalue weighted by Crippen LogP contribution is -2.45. The predicted octanol–water partition coefficient (Wildman–Crippen LogP) is 1.79. The highest BCUT2D eigenvalue weighted by Gasteiger charge is 2.11. The maximum Gasteiger partial charge on any atom is 0.119 e. The van der Waals surface area contributed by atoms with Gasteiger partial charge in [0, 0.05) is 50.3 Å². The summed E-state index contributed by atoms with van der Waals surface area (Å²) in [6, 6.07) is 6.14. The third kappa shape index (κ3) is 4.74. The number of hydrogen-bond acceptors (Lipinski definition) is 4. The van der Waals surface area contributed by atoms with Crippen molar-refractivity contribution in [2.45, 2.75) is 6.54 Å². The van der Waals surface area contributed by atoms with Gasteiger partial charge in [-0.2, -0.15) is 0 Å². The number of ether oxygens (including phenoxy) is 1. The van der Waals surface area contributed by atoms with Gasteiger partial charge in [-0.05, 0) is 30.8 Å². The van der Waals surface area contributed by atoms with E-state index in [2.05, 4.69) is 50.2 Å². The lowest BCUT2D eigenvalue weighted by molar-refractivity contribution is 0.202. The topological polar surface area (TPSA) is 27.7 Å². The highest BCUT2D eigenvalue weighted by Crippen LogP contribution is 2.23. The number of rotatable bonds is 6. The molecule has 1 heterocycles. The summed E-state index contributed by atoms with van der Waals surface area (Å²) in [5.41, 5.74) is 1.27. The highest BCUT2D eigenvalue weighted by molar-refractivity contribution is 9.10. The SMILES string of the molecule is COc1ccc(Br)c(CN(C)CCN2CCNCC2)c1. The summed E-state index contributed by atoms with van der Waals surface area (Å²) in [6.45, 7) is 7.72. The molecule has 5 heteroatoms. The molecular weight excluding hydrogens is 318 g/mol. The van der Waals surface area contributed by atoms with Crippen LogP contribution < -0.4 is 10.1 Å². The molecular formula is C15H24BrN3O. The zero-order valence-electron chi connectivity index (χ0n) is 12.4. The first-order valence-corrected chi connectivity index (χ1v) is 7.92. The molecule has 1 N–H and O–H groups in total. The second kappa shape index (κ2) is 7.98. The second-order valence-electron chi connectivity index (χ2n) is 5.29. The number of nitrogens with one attached hydrogen (secondary N) is 1. The van der Waals surface area contributed by atoms with Crippen LogP contribution in [0, 0.1) is 0 Å². The Morgan fingerprint density at radius 1 is 1.35 bits per heavy atom. The van der Waals surface area contributed by atoms with Crippen molar-refractivity contribution in [3.05, 3.63) is 28.2 Å². The number of nitrogens with zero attached hydrogens (tertiary/aromatic N) is 2. The average molecular weight is 342 g/mol. The van der Waals surface area contributed by atoms with Gasteiger partial charge in [0.15, 0.2) is 0 Å². The molecule has 0 radical (unpaired) electrons. The summed E-state index contributed by atoms with van der Waals surface area (Å²) in [4.78, 5) is 4.88. The first-order valence-electron chi connectivity index (χ1n) is 7.13. The molecule has 0 amide bonds. The summed E-state index contributed by atoms with van der Waals surface area (Å²) in [5, 5.41) is 3.39. The normalized spacial score (nSPS) is 16.6. The van der Waals surface area contributed by atoms with Gasteiger partial charge in [0.05, 0.1) is 7.11 Å². The van der Waals surface area contributed by atoms with E-state index in [1.807, 2.05) is 6.07 Å². The second-order valence-corrected chi connectivity index (χ2v) is 6.14. The molecule has 0 aromatic heterocycles. The zero-order chi connectivity index (χ0) is 14.4. The van der Waals surface area contributed by atoms with Crippen molar-refractivity contribution in [2.75, 3.05) is 53.4 Å². The van der Waals surface area contributed by atoms with E-state index in [1.165, 1.54) is 5.56 Å². The van der Waals surface area contributed by atoms with E-state index in [1.54, 1.807) is 7.11 Å². The maximum atomic E-state index is 5.29. The molecule has 4 nitrogen and oxygen atoms in total. The third-order valence-corrected chi connectivity index (χ3v) is 4.47. The molecule has 0 spiro atoms. The number of likely N-dealkylation sites (N-methyl/N-ethyl adjacent to an activating group) is 1. The van der Waals surface area contributed by atoms with Gasteiger partial charge >= 0.3 is 0 Å². The number of methoxy groups -OCH3 is 1. The lowest BCUT2D eigenvalue weighted by Gasteiger charge is -2.29. The van der Waals surface area contributed by atoms with E-state index in [-0.39, 0.29) is 0 Å². The minimum atomic E-state index is 0.915. The zero-order valence-corrected chi connectivity index (χ0v) is 13.9. The van der Waals surface area contributed by atoms with Crippen molar-refractivity contribution in [1.82, 2.24) is 15.1 Å². The van der Waals surface area contributed by atoms with Crippen molar-refractivity contribution < 1.29 is 4.74 Å². The fraction of sp³-hybridized carbons (Fsp3) is 0.600. The van der Waals surface area contributed by atoms with Crippen molar-refractivity contribution in [1.29, 1.82) is 0 Å². The molecule has 0 aliphatic carbocycles. The summed E-state index contributed by atoms with van der Waals surface area (Å²) in [5.74, 6) is 0.915. The van der Waals surface area contributed by atoms with E-state index in [4.69, 9.17) is 4.74 Å². The van der Waals surface area contributed by atoms with Crippen molar-refractivity contribution in [3.63, 3.8) is 0 Å². The number of benzene rings is 1. The van der Waals surface area contributed by atoms with Crippen molar-refractivity contribution >= 4 is 15.9 Å². The highest BCUT2D eigenvalue weighted by atomic mass is 79.9. The molecule has 1 fully saturated rings. The minimum Gasteiger partial charge on any atom is -0.497 e. The van der Waals surface area contributed by atoms with E-state index in [9.17, 15) is 0 Å². The smallest absolute Gasteiger partial charge is 0.119 e. The molecule has 0 bridgehead atoms. The van der Waals surface area contributed by atoms with Gasteiger partial charge in [-0.3, -0.25) is 4.90 Å². The van der Waals surface area contributed by atoms with Crippen LogP contribution in [0.2, 0.25) is 0 Å². The van der Waals surface area contributed by atoms with Crippen LogP contribution >= 0.6 is 15.9 Å². The molecule has 1 saturated heterocycles. The Morgan fingerprint density at radius 2 is 2.10 bits per heavy atom. The van der Waals surface area contributed by atoms with E-state index in [0.29, 0.717) is 0 Å². The van der Waals surface area contributed by atoms with Gasteiger partial charge in [-0.1, -0.05) is 15.9 Å². The van der Waals surface area contributed by atoms with Crippen LogP contribution in [-0.2, 0) is 6.54 Å². The molecule has 0 unspecified atom stereocenters. The third-order valence-electron chi connectivity index (χ3n) is 3.70. The fourth-order valence-corrected chi connectivity index (χ4v) is 2.79. The summed E-state index contributed by atoms with van der Waals surface area (Å²) >= 11 is 3.61. The van der Waals surface area contributed by atoms with E-state index >= 15 is 0 Å². The Balaban J connectivity index is 1.82. The van der Waals surface area contributed by atoms with Crippen LogP contribution in [0.15, 0.2) is 22.7 Å². The Hall–Kier alpha value is -0.620. The maximum absolute atomic E-state index is 5.29. The molecule has 1 aliphatic heterocycles. The van der Waals surface area contributed by atoms with Gasteiger partial charge in [0.2, 0.25) is 0 Å². The van der Waals surface area contributed by atoms with Crippen LogP contribution in [-0.4, -0.2) is 63.2 Å². The molecule has 1 aromatic carbocycles. The Morgan fingerprint density at radius 3 is 2.80 bits per heavy atom. The van der Waals surface area contributed by atoms with Gasteiger partial charge < -0.3 is 15.0 Å². The van der Waals surface area contributed by atoms with Gasteiger partial charge in [-0.25, -0.2) is 0 Å². The Kier molecular flexibility index (Phi) is 6.29. The first kappa shape index (κ1) is 15.8. The fourth-order valence-electron chi connectivity index (χ4n) is 2.42. The van der Waals surface area contributed by atoms with Gasteiger partial charge in [0.25, 0.3) is 0 Å². The summed E-state index contributed by atoms with van der Waals surface area (Å²) in [6.07, 6.45) is 0. The molecule has 112 valence electrons. The summed E-state index contributed by atoms with van der Waals surface area (Å²) in [7, 11) is 3.88. The molecule has 1 aromatic rings. The van der Waals surface area contributed by atoms with Crippen LogP contribution in [0.25, 0.3) is 0 Å². The van der Waals surface area contributed by atoms with Crippen LogP contribution in [0.1, 0.15) is 5.56 Å². The minimum absolute atomic E-state index is 0.915. The quantitative estimate of drug-likeness (QED) is 0.853. The number of piperazine rings is 1. The molecule has 20 heavy (non-hydrogen) atoms. The number of halogens is 1. The van der Waals surface area contributed by atoms with Crippen LogP contribution in [0.4, 0.5) is 0 Å².